The van der Waals surface area contributed by atoms with Gasteiger partial charge in [0.25, 0.3) is 0 Å². The molecule has 0 saturated carbocycles. The number of nitrogens with one attached hydrogen (secondary N) is 1. The predicted octanol–water partition coefficient (Wildman–Crippen LogP) is 1.83. The number of rotatable bonds is 5. The standard InChI is InChI=1S/C13H20N2O4S/c1-9(2)3-6-20(16,17)15-11-8-13-12(7-10(11)14)18-4-5-19-13/h7-9,15H,3-6,14H2,1-2H3. The SMILES string of the molecule is CC(C)CCS(=O)(=O)Nc1cc2c(cc1N)OCCO2. The fraction of sp³-hybridized carbons (Fsp3) is 0.538. The van der Waals surface area contributed by atoms with Crippen molar-refractivity contribution in [1.29, 1.82) is 0 Å². The first kappa shape index (κ1) is 14.8. The number of sulfonamides is 1. The van der Waals surface area contributed by atoms with E-state index in [0.29, 0.717) is 48.4 Å². The van der Waals surface area contributed by atoms with Crippen LogP contribution >= 0.6 is 0 Å². The van der Waals surface area contributed by atoms with Crippen LogP contribution in [-0.2, 0) is 10.0 Å². The van der Waals surface area contributed by atoms with Crippen LogP contribution in [0.1, 0.15) is 20.3 Å². The van der Waals surface area contributed by atoms with E-state index in [-0.39, 0.29) is 5.75 Å². The summed E-state index contributed by atoms with van der Waals surface area (Å²) >= 11 is 0. The van der Waals surface area contributed by atoms with Crippen LogP contribution in [0.3, 0.4) is 0 Å². The molecule has 3 N–H and O–H groups in total. The molecule has 0 radical (unpaired) electrons. The monoisotopic (exact) mass is 300 g/mol. The number of ether oxygens (including phenoxy) is 2. The van der Waals surface area contributed by atoms with Gasteiger partial charge >= 0.3 is 0 Å². The number of nitrogens with two attached hydrogens (primary N) is 1. The summed E-state index contributed by atoms with van der Waals surface area (Å²) in [4.78, 5) is 0. The number of benzene rings is 1. The smallest absolute Gasteiger partial charge is 0.232 e. The second-order valence-electron chi connectivity index (χ2n) is 5.19. The van der Waals surface area contributed by atoms with Gasteiger partial charge in [-0.05, 0) is 12.3 Å². The molecule has 20 heavy (non-hydrogen) atoms. The summed E-state index contributed by atoms with van der Waals surface area (Å²) in [7, 11) is -3.41. The second-order valence-corrected chi connectivity index (χ2v) is 7.03. The predicted molar refractivity (Wildman–Crippen MR) is 78.7 cm³/mol. The Morgan fingerprint density at radius 3 is 2.45 bits per heavy atom. The molecule has 0 spiro atoms. The van der Waals surface area contributed by atoms with Gasteiger partial charge in [0.05, 0.1) is 17.1 Å². The zero-order chi connectivity index (χ0) is 14.8. The lowest BCUT2D eigenvalue weighted by atomic mass is 10.2. The number of nitrogen functional groups attached to an aromatic ring is 1. The lowest BCUT2D eigenvalue weighted by molar-refractivity contribution is 0.172. The van der Waals surface area contributed by atoms with Gasteiger partial charge < -0.3 is 15.2 Å². The molecule has 112 valence electrons. The summed E-state index contributed by atoms with van der Waals surface area (Å²) in [5.74, 6) is 1.44. The molecule has 2 rings (SSSR count). The molecule has 0 saturated heterocycles. The maximum absolute atomic E-state index is 12.0. The van der Waals surface area contributed by atoms with E-state index in [2.05, 4.69) is 4.72 Å². The van der Waals surface area contributed by atoms with Gasteiger partial charge in [-0.3, -0.25) is 4.72 Å². The molecule has 0 fully saturated rings. The van der Waals surface area contributed by atoms with Crippen molar-refractivity contribution in [3.63, 3.8) is 0 Å². The van der Waals surface area contributed by atoms with Crippen molar-refractivity contribution in [1.82, 2.24) is 0 Å². The highest BCUT2D eigenvalue weighted by Crippen LogP contribution is 2.37. The molecule has 6 nitrogen and oxygen atoms in total. The third-order valence-electron chi connectivity index (χ3n) is 2.94. The molecule has 0 aromatic heterocycles. The number of fused-ring (bicyclic) bond motifs is 1. The number of hydrogen-bond donors (Lipinski definition) is 2. The molecular formula is C13H20N2O4S. The molecule has 0 aliphatic carbocycles. The lowest BCUT2D eigenvalue weighted by Crippen LogP contribution is -2.20. The van der Waals surface area contributed by atoms with Gasteiger partial charge in [-0.25, -0.2) is 8.42 Å². The first-order valence-electron chi connectivity index (χ1n) is 6.57. The molecule has 1 aliphatic rings. The van der Waals surface area contributed by atoms with Crippen molar-refractivity contribution in [2.45, 2.75) is 20.3 Å². The van der Waals surface area contributed by atoms with E-state index in [1.807, 2.05) is 13.8 Å². The fourth-order valence-electron chi connectivity index (χ4n) is 1.80. The molecule has 1 aromatic carbocycles. The summed E-state index contributed by atoms with van der Waals surface area (Å²) < 4.78 is 37.3. The van der Waals surface area contributed by atoms with Gasteiger partial charge in [0.2, 0.25) is 10.0 Å². The van der Waals surface area contributed by atoms with E-state index in [9.17, 15) is 8.42 Å². The molecule has 0 unspecified atom stereocenters. The van der Waals surface area contributed by atoms with Crippen LogP contribution in [0.25, 0.3) is 0 Å². The van der Waals surface area contributed by atoms with Crippen molar-refractivity contribution in [3.8, 4) is 11.5 Å². The van der Waals surface area contributed by atoms with E-state index in [1.165, 1.54) is 0 Å². The second kappa shape index (κ2) is 5.78. The van der Waals surface area contributed by atoms with Crippen molar-refractivity contribution in [2.75, 3.05) is 29.4 Å². The van der Waals surface area contributed by atoms with Gasteiger partial charge in [-0.1, -0.05) is 13.8 Å². The first-order chi connectivity index (χ1) is 9.37. The molecule has 7 heteroatoms. The van der Waals surface area contributed by atoms with Gasteiger partial charge in [0.1, 0.15) is 13.2 Å². The first-order valence-corrected chi connectivity index (χ1v) is 8.22. The quantitative estimate of drug-likeness (QED) is 0.810. The molecule has 1 heterocycles. The lowest BCUT2D eigenvalue weighted by Gasteiger charge is -2.20. The van der Waals surface area contributed by atoms with E-state index < -0.39 is 10.0 Å². The Morgan fingerprint density at radius 1 is 1.25 bits per heavy atom. The molecule has 0 atom stereocenters. The van der Waals surface area contributed by atoms with E-state index >= 15 is 0 Å². The van der Waals surface area contributed by atoms with Crippen LogP contribution in [0.5, 0.6) is 11.5 Å². The average Bonchev–Trinajstić information content (AvgIpc) is 2.37. The summed E-state index contributed by atoms with van der Waals surface area (Å²) in [5, 5.41) is 0. The Hall–Kier alpha value is -1.63. The highest BCUT2D eigenvalue weighted by Gasteiger charge is 2.18. The van der Waals surface area contributed by atoms with E-state index in [4.69, 9.17) is 15.2 Å². The van der Waals surface area contributed by atoms with Crippen molar-refractivity contribution >= 4 is 21.4 Å². The number of anilines is 2. The topological polar surface area (TPSA) is 90.7 Å². The summed E-state index contributed by atoms with van der Waals surface area (Å²) in [5.41, 5.74) is 6.50. The minimum Gasteiger partial charge on any atom is -0.486 e. The van der Waals surface area contributed by atoms with Gasteiger partial charge in [-0.15, -0.1) is 0 Å². The Bertz CT molecular complexity index is 584. The van der Waals surface area contributed by atoms with Crippen LogP contribution in [0, 0.1) is 5.92 Å². The number of hydrogen-bond acceptors (Lipinski definition) is 5. The van der Waals surface area contributed by atoms with Crippen molar-refractivity contribution < 1.29 is 17.9 Å². The van der Waals surface area contributed by atoms with E-state index in [1.54, 1.807) is 12.1 Å². The molecule has 1 aliphatic heterocycles. The molecular weight excluding hydrogens is 280 g/mol. The molecule has 1 aromatic rings. The third-order valence-corrected chi connectivity index (χ3v) is 4.25. The summed E-state index contributed by atoms with van der Waals surface area (Å²) in [6, 6.07) is 3.14. The van der Waals surface area contributed by atoms with Crippen molar-refractivity contribution in [2.24, 2.45) is 5.92 Å². The van der Waals surface area contributed by atoms with Crippen LogP contribution < -0.4 is 19.9 Å². The van der Waals surface area contributed by atoms with Gasteiger partial charge in [-0.2, -0.15) is 0 Å². The Morgan fingerprint density at radius 2 is 1.85 bits per heavy atom. The summed E-state index contributed by atoms with van der Waals surface area (Å²) in [6.45, 7) is 4.87. The summed E-state index contributed by atoms with van der Waals surface area (Å²) in [6.07, 6.45) is 0.597. The molecule has 0 bridgehead atoms. The van der Waals surface area contributed by atoms with Crippen LogP contribution in [0.15, 0.2) is 12.1 Å². The largest absolute Gasteiger partial charge is 0.486 e. The zero-order valence-corrected chi connectivity index (χ0v) is 12.5. The maximum Gasteiger partial charge on any atom is 0.232 e. The molecule has 0 amide bonds. The Labute approximate surface area is 119 Å². The highest BCUT2D eigenvalue weighted by atomic mass is 32.2. The van der Waals surface area contributed by atoms with Crippen LogP contribution in [0.2, 0.25) is 0 Å². The highest BCUT2D eigenvalue weighted by molar-refractivity contribution is 7.92. The minimum absolute atomic E-state index is 0.0680. The fourth-order valence-corrected chi connectivity index (χ4v) is 3.20. The maximum atomic E-state index is 12.0. The zero-order valence-electron chi connectivity index (χ0n) is 11.7. The van der Waals surface area contributed by atoms with Gasteiger partial charge in [0, 0.05) is 12.1 Å². The normalized spacial score (nSPS) is 14.3. The van der Waals surface area contributed by atoms with Crippen LogP contribution in [-0.4, -0.2) is 27.4 Å². The minimum atomic E-state index is -3.41. The van der Waals surface area contributed by atoms with E-state index in [0.717, 1.165) is 0 Å². The Kier molecular flexibility index (Phi) is 4.27. The average molecular weight is 300 g/mol. The Balaban J connectivity index is 2.17. The van der Waals surface area contributed by atoms with Gasteiger partial charge in [0.15, 0.2) is 11.5 Å². The van der Waals surface area contributed by atoms with Crippen LogP contribution in [0.4, 0.5) is 11.4 Å². The van der Waals surface area contributed by atoms with Crippen molar-refractivity contribution in [3.05, 3.63) is 12.1 Å². The third kappa shape index (κ3) is 3.69.